The Morgan fingerprint density at radius 2 is 2.21 bits per heavy atom. The highest BCUT2D eigenvalue weighted by Crippen LogP contribution is 2.32. The Balaban J connectivity index is 2.18. The van der Waals surface area contributed by atoms with Gasteiger partial charge in [-0.2, -0.15) is 11.8 Å². The van der Waals surface area contributed by atoms with E-state index in [4.69, 9.17) is 5.73 Å². The van der Waals surface area contributed by atoms with Gasteiger partial charge in [0.2, 0.25) is 0 Å². The minimum atomic E-state index is 0.560. The maximum atomic E-state index is 5.94. The fourth-order valence-electron chi connectivity index (χ4n) is 2.68. The minimum absolute atomic E-state index is 0.560. The molecule has 1 unspecified atom stereocenters. The van der Waals surface area contributed by atoms with Crippen molar-refractivity contribution in [1.82, 2.24) is 4.98 Å². The second kappa shape index (κ2) is 4.93. The first-order chi connectivity index (χ1) is 9.15. The molecule has 100 valence electrons. The molecule has 3 nitrogen and oxygen atoms in total. The van der Waals surface area contributed by atoms with Crippen LogP contribution in [-0.2, 0) is 0 Å². The summed E-state index contributed by atoms with van der Waals surface area (Å²) in [5.74, 6) is 2.38. The molecular weight excluding hydrogens is 254 g/mol. The summed E-state index contributed by atoms with van der Waals surface area (Å²) in [6.07, 6.45) is 0. The summed E-state index contributed by atoms with van der Waals surface area (Å²) in [6, 6.07) is 8.74. The second-order valence-corrected chi connectivity index (χ2v) is 6.33. The molecule has 0 spiro atoms. The Morgan fingerprint density at radius 3 is 3.00 bits per heavy atom. The van der Waals surface area contributed by atoms with Gasteiger partial charge in [0.05, 0.1) is 5.52 Å². The van der Waals surface area contributed by atoms with Crippen molar-refractivity contribution in [2.45, 2.75) is 19.9 Å². The van der Waals surface area contributed by atoms with Crippen LogP contribution in [0.25, 0.3) is 10.9 Å². The molecule has 2 aromatic rings. The lowest BCUT2D eigenvalue weighted by Crippen LogP contribution is -2.40. The maximum absolute atomic E-state index is 5.94. The third-order valence-corrected chi connectivity index (χ3v) is 4.81. The minimum Gasteiger partial charge on any atom is -0.399 e. The highest BCUT2D eigenvalue weighted by Gasteiger charge is 2.21. The summed E-state index contributed by atoms with van der Waals surface area (Å²) < 4.78 is 0. The first-order valence-corrected chi connectivity index (χ1v) is 7.82. The summed E-state index contributed by atoms with van der Waals surface area (Å²) in [6.45, 7) is 5.45. The van der Waals surface area contributed by atoms with Crippen LogP contribution in [0, 0.1) is 6.92 Å². The molecular formula is C15H19N3S. The third-order valence-electron chi connectivity index (χ3n) is 3.62. The van der Waals surface area contributed by atoms with Crippen molar-refractivity contribution < 1.29 is 0 Å². The Bertz CT molecular complexity index is 612. The van der Waals surface area contributed by atoms with E-state index in [0.717, 1.165) is 23.4 Å². The number of nitrogens with two attached hydrogens (primary N) is 1. The van der Waals surface area contributed by atoms with Crippen LogP contribution in [-0.4, -0.2) is 29.1 Å². The first kappa shape index (κ1) is 12.6. The molecule has 3 rings (SSSR count). The Hall–Kier alpha value is -1.42. The molecule has 4 heteroatoms. The number of nitrogen functional groups attached to an aromatic ring is 1. The molecule has 1 atom stereocenters. The summed E-state index contributed by atoms with van der Waals surface area (Å²) in [7, 11) is 0. The number of aryl methyl sites for hydroxylation is 1. The van der Waals surface area contributed by atoms with Crippen molar-refractivity contribution in [2.75, 3.05) is 28.7 Å². The molecule has 1 saturated heterocycles. The van der Waals surface area contributed by atoms with E-state index in [0.29, 0.717) is 6.04 Å². The van der Waals surface area contributed by atoms with Crippen molar-refractivity contribution >= 4 is 34.0 Å². The number of nitrogens with zero attached hydrogens (tertiary/aromatic N) is 2. The number of pyridine rings is 1. The van der Waals surface area contributed by atoms with Gasteiger partial charge in [-0.3, -0.25) is 4.98 Å². The van der Waals surface area contributed by atoms with Crippen molar-refractivity contribution in [3.63, 3.8) is 0 Å². The molecule has 0 bridgehead atoms. The van der Waals surface area contributed by atoms with E-state index < -0.39 is 0 Å². The average molecular weight is 273 g/mol. The van der Waals surface area contributed by atoms with Crippen LogP contribution in [0.4, 0.5) is 11.4 Å². The van der Waals surface area contributed by atoms with Gasteiger partial charge in [-0.05, 0) is 38.1 Å². The number of hydrogen-bond donors (Lipinski definition) is 1. The molecule has 0 amide bonds. The molecule has 1 aliphatic rings. The number of rotatable bonds is 1. The third kappa shape index (κ3) is 2.37. The number of anilines is 2. The monoisotopic (exact) mass is 273 g/mol. The largest absolute Gasteiger partial charge is 0.399 e. The van der Waals surface area contributed by atoms with Gasteiger partial charge in [0.15, 0.2) is 0 Å². The Morgan fingerprint density at radius 1 is 1.37 bits per heavy atom. The summed E-state index contributed by atoms with van der Waals surface area (Å²) in [4.78, 5) is 7.10. The molecule has 0 radical (unpaired) electrons. The van der Waals surface area contributed by atoms with Gasteiger partial charge < -0.3 is 10.6 Å². The highest BCUT2D eigenvalue weighted by atomic mass is 32.2. The van der Waals surface area contributed by atoms with Gasteiger partial charge in [0.25, 0.3) is 0 Å². The number of fused-ring (bicyclic) bond motifs is 1. The lowest BCUT2D eigenvalue weighted by molar-refractivity contribution is 0.702. The molecule has 2 heterocycles. The lowest BCUT2D eigenvalue weighted by atomic mass is 10.1. The van der Waals surface area contributed by atoms with E-state index in [-0.39, 0.29) is 0 Å². The van der Waals surface area contributed by atoms with Gasteiger partial charge in [-0.1, -0.05) is 0 Å². The molecule has 19 heavy (non-hydrogen) atoms. The van der Waals surface area contributed by atoms with E-state index in [1.54, 1.807) is 0 Å². The van der Waals surface area contributed by atoms with Crippen molar-refractivity contribution in [3.8, 4) is 0 Å². The number of aromatic nitrogens is 1. The van der Waals surface area contributed by atoms with E-state index in [1.807, 2.05) is 30.0 Å². The van der Waals surface area contributed by atoms with Crippen molar-refractivity contribution in [1.29, 1.82) is 0 Å². The molecule has 1 aliphatic heterocycles. The Labute approximate surface area is 118 Å². The molecule has 1 aromatic carbocycles. The molecule has 0 aliphatic carbocycles. The number of hydrogen-bond acceptors (Lipinski definition) is 4. The van der Waals surface area contributed by atoms with Gasteiger partial charge in [0.1, 0.15) is 0 Å². The van der Waals surface area contributed by atoms with Crippen LogP contribution in [0.3, 0.4) is 0 Å². The first-order valence-electron chi connectivity index (χ1n) is 6.66. The van der Waals surface area contributed by atoms with Gasteiger partial charge in [0, 0.05) is 46.5 Å². The molecule has 1 fully saturated rings. The van der Waals surface area contributed by atoms with Crippen molar-refractivity contribution in [3.05, 3.63) is 30.0 Å². The molecule has 0 saturated carbocycles. The number of thioether (sulfide) groups is 1. The van der Waals surface area contributed by atoms with E-state index in [1.165, 1.54) is 22.6 Å². The van der Waals surface area contributed by atoms with E-state index >= 15 is 0 Å². The normalized spacial score (nSPS) is 19.9. The summed E-state index contributed by atoms with van der Waals surface area (Å²) in [5, 5.41) is 1.17. The number of benzene rings is 1. The Kier molecular flexibility index (Phi) is 3.27. The van der Waals surface area contributed by atoms with Crippen LogP contribution in [0.2, 0.25) is 0 Å². The van der Waals surface area contributed by atoms with E-state index in [9.17, 15) is 0 Å². The van der Waals surface area contributed by atoms with Gasteiger partial charge in [-0.25, -0.2) is 0 Å². The quantitative estimate of drug-likeness (QED) is 0.811. The van der Waals surface area contributed by atoms with Crippen LogP contribution < -0.4 is 10.6 Å². The molecule has 1 aromatic heterocycles. The van der Waals surface area contributed by atoms with Crippen LogP contribution in [0.1, 0.15) is 12.6 Å². The van der Waals surface area contributed by atoms with Gasteiger partial charge >= 0.3 is 0 Å². The predicted molar refractivity (Wildman–Crippen MR) is 85.0 cm³/mol. The highest BCUT2D eigenvalue weighted by molar-refractivity contribution is 7.99. The molecule has 2 N–H and O–H groups in total. The summed E-state index contributed by atoms with van der Waals surface area (Å²) >= 11 is 2.03. The average Bonchev–Trinajstić information content (AvgIpc) is 2.39. The fraction of sp³-hybridized carbons (Fsp3) is 0.400. The smallest absolute Gasteiger partial charge is 0.0727 e. The summed E-state index contributed by atoms with van der Waals surface area (Å²) in [5.41, 5.74) is 10.1. The standard InChI is InChI=1S/C15H19N3S/c1-10-7-15(18-5-6-19-9-11(18)2)13-8-12(16)3-4-14(13)17-10/h3-4,7-8,11H,5-6,9,16H2,1-2H3. The topological polar surface area (TPSA) is 42.1 Å². The van der Waals surface area contributed by atoms with Crippen LogP contribution in [0.5, 0.6) is 0 Å². The zero-order chi connectivity index (χ0) is 13.4. The van der Waals surface area contributed by atoms with Crippen LogP contribution >= 0.6 is 11.8 Å². The van der Waals surface area contributed by atoms with E-state index in [2.05, 4.69) is 29.8 Å². The van der Waals surface area contributed by atoms with Crippen LogP contribution in [0.15, 0.2) is 24.3 Å². The zero-order valence-electron chi connectivity index (χ0n) is 11.4. The van der Waals surface area contributed by atoms with Gasteiger partial charge in [-0.15, -0.1) is 0 Å². The van der Waals surface area contributed by atoms with Crippen molar-refractivity contribution in [2.24, 2.45) is 0 Å². The lowest BCUT2D eigenvalue weighted by Gasteiger charge is -2.36. The predicted octanol–water partition coefficient (Wildman–Crippen LogP) is 3.07. The second-order valence-electron chi connectivity index (χ2n) is 5.18. The SMILES string of the molecule is Cc1cc(N2CCSCC2C)c2cc(N)ccc2n1. The fourth-order valence-corrected chi connectivity index (χ4v) is 3.69. The maximum Gasteiger partial charge on any atom is 0.0727 e. The zero-order valence-corrected chi connectivity index (χ0v) is 12.2.